The van der Waals surface area contributed by atoms with Crippen molar-refractivity contribution < 1.29 is 13.2 Å². The predicted molar refractivity (Wildman–Crippen MR) is 107 cm³/mol. The van der Waals surface area contributed by atoms with Gasteiger partial charge in [0.05, 0.1) is 4.90 Å². The molecule has 148 valence electrons. The van der Waals surface area contributed by atoms with Crippen molar-refractivity contribution in [3.63, 3.8) is 0 Å². The number of rotatable bonds is 8. The fraction of sp³-hybridized carbons (Fsp3) is 0.650. The SMILES string of the molecule is Cc1ccc(S(=O)(=O)NC(C)(C)C)cc1C(=O)NC(C)CCCC(C)C. The smallest absolute Gasteiger partial charge is 0.251 e. The molecule has 0 saturated carbocycles. The zero-order valence-corrected chi connectivity index (χ0v) is 18.0. The van der Waals surface area contributed by atoms with Gasteiger partial charge in [0.25, 0.3) is 5.91 Å². The summed E-state index contributed by atoms with van der Waals surface area (Å²) in [6, 6.07) is 4.72. The average Bonchev–Trinajstić information content (AvgIpc) is 2.44. The van der Waals surface area contributed by atoms with Gasteiger partial charge in [-0.15, -0.1) is 0 Å². The van der Waals surface area contributed by atoms with Crippen molar-refractivity contribution >= 4 is 15.9 Å². The van der Waals surface area contributed by atoms with Gasteiger partial charge in [0, 0.05) is 17.1 Å². The Labute approximate surface area is 159 Å². The monoisotopic (exact) mass is 382 g/mol. The lowest BCUT2D eigenvalue weighted by Crippen LogP contribution is -2.40. The van der Waals surface area contributed by atoms with E-state index in [0.29, 0.717) is 11.5 Å². The molecule has 0 bridgehead atoms. The lowest BCUT2D eigenvalue weighted by Gasteiger charge is -2.21. The van der Waals surface area contributed by atoms with Gasteiger partial charge in [-0.25, -0.2) is 13.1 Å². The van der Waals surface area contributed by atoms with Crippen molar-refractivity contribution in [2.45, 2.75) is 84.2 Å². The van der Waals surface area contributed by atoms with Crippen LogP contribution in [0.25, 0.3) is 0 Å². The second kappa shape index (κ2) is 9.00. The van der Waals surface area contributed by atoms with Gasteiger partial charge in [0.1, 0.15) is 0 Å². The van der Waals surface area contributed by atoms with Gasteiger partial charge in [-0.05, 0) is 64.7 Å². The Morgan fingerprint density at radius 3 is 2.27 bits per heavy atom. The molecule has 5 nitrogen and oxygen atoms in total. The molecule has 0 heterocycles. The van der Waals surface area contributed by atoms with Crippen molar-refractivity contribution in [1.29, 1.82) is 0 Å². The van der Waals surface area contributed by atoms with E-state index in [2.05, 4.69) is 23.9 Å². The Morgan fingerprint density at radius 2 is 1.73 bits per heavy atom. The topological polar surface area (TPSA) is 75.3 Å². The molecule has 0 fully saturated rings. The van der Waals surface area contributed by atoms with E-state index in [4.69, 9.17) is 0 Å². The minimum Gasteiger partial charge on any atom is -0.350 e. The summed E-state index contributed by atoms with van der Waals surface area (Å²) in [6.07, 6.45) is 3.10. The molecular weight excluding hydrogens is 348 g/mol. The number of carbonyl (C=O) groups excluding carboxylic acids is 1. The van der Waals surface area contributed by atoms with Gasteiger partial charge in [0.2, 0.25) is 10.0 Å². The molecule has 0 aromatic heterocycles. The maximum atomic E-state index is 12.6. The van der Waals surface area contributed by atoms with Crippen LogP contribution in [0, 0.1) is 12.8 Å². The maximum absolute atomic E-state index is 12.6. The van der Waals surface area contributed by atoms with Crippen molar-refractivity contribution in [2.24, 2.45) is 5.92 Å². The molecule has 26 heavy (non-hydrogen) atoms. The fourth-order valence-corrected chi connectivity index (χ4v) is 4.13. The number of aryl methyl sites for hydroxylation is 1. The highest BCUT2D eigenvalue weighted by atomic mass is 32.2. The van der Waals surface area contributed by atoms with E-state index in [0.717, 1.165) is 24.8 Å². The number of benzene rings is 1. The summed E-state index contributed by atoms with van der Waals surface area (Å²) in [6.45, 7) is 13.5. The number of hydrogen-bond donors (Lipinski definition) is 2. The summed E-state index contributed by atoms with van der Waals surface area (Å²) in [5.74, 6) is 0.421. The van der Waals surface area contributed by atoms with E-state index in [1.165, 1.54) is 12.1 Å². The molecule has 0 aliphatic heterocycles. The van der Waals surface area contributed by atoms with Gasteiger partial charge in [-0.3, -0.25) is 4.79 Å². The molecule has 1 atom stereocenters. The highest BCUT2D eigenvalue weighted by Crippen LogP contribution is 2.18. The molecule has 1 amide bonds. The first kappa shape index (κ1) is 22.6. The lowest BCUT2D eigenvalue weighted by atomic mass is 10.0. The zero-order chi connectivity index (χ0) is 20.1. The van der Waals surface area contributed by atoms with Gasteiger partial charge >= 0.3 is 0 Å². The zero-order valence-electron chi connectivity index (χ0n) is 17.1. The first-order valence-corrected chi connectivity index (χ1v) is 10.8. The normalized spacial score (nSPS) is 13.7. The number of sulfonamides is 1. The number of nitrogens with one attached hydrogen (secondary N) is 2. The standard InChI is InChI=1S/C20H34N2O3S/c1-14(2)9-8-10-16(4)21-19(23)18-13-17(12-11-15(18)3)26(24,25)22-20(5,6)7/h11-14,16,22H,8-10H2,1-7H3,(H,21,23). The van der Waals surface area contributed by atoms with Crippen LogP contribution in [0.2, 0.25) is 0 Å². The Bertz CT molecular complexity index is 719. The summed E-state index contributed by atoms with van der Waals surface area (Å²) >= 11 is 0. The number of carbonyl (C=O) groups is 1. The van der Waals surface area contributed by atoms with Crippen LogP contribution >= 0.6 is 0 Å². The van der Waals surface area contributed by atoms with Crippen LogP contribution in [0.4, 0.5) is 0 Å². The van der Waals surface area contributed by atoms with Gasteiger partial charge < -0.3 is 5.32 Å². The van der Waals surface area contributed by atoms with Gasteiger partial charge in [-0.2, -0.15) is 0 Å². The molecule has 2 N–H and O–H groups in total. The molecule has 1 aromatic carbocycles. The molecule has 0 aliphatic carbocycles. The van der Waals surface area contributed by atoms with Gasteiger partial charge in [-0.1, -0.05) is 32.8 Å². The molecule has 1 rings (SSSR count). The van der Waals surface area contributed by atoms with Gasteiger partial charge in [0.15, 0.2) is 0 Å². The van der Waals surface area contributed by atoms with Crippen LogP contribution in [0.3, 0.4) is 0 Å². The van der Waals surface area contributed by atoms with Crippen LogP contribution < -0.4 is 10.0 Å². The fourth-order valence-electron chi connectivity index (χ4n) is 2.68. The summed E-state index contributed by atoms with van der Waals surface area (Å²) in [5, 5.41) is 2.98. The highest BCUT2D eigenvalue weighted by molar-refractivity contribution is 7.89. The third-order valence-electron chi connectivity index (χ3n) is 4.00. The van der Waals surface area contributed by atoms with Crippen molar-refractivity contribution in [1.82, 2.24) is 10.0 Å². The Balaban J connectivity index is 2.91. The van der Waals surface area contributed by atoms with E-state index in [1.807, 2.05) is 13.8 Å². The van der Waals surface area contributed by atoms with E-state index < -0.39 is 15.6 Å². The molecule has 0 aliphatic rings. The van der Waals surface area contributed by atoms with E-state index in [9.17, 15) is 13.2 Å². The Hall–Kier alpha value is -1.40. The Kier molecular flexibility index (Phi) is 7.84. The van der Waals surface area contributed by atoms with Crippen LogP contribution in [0.1, 0.15) is 76.7 Å². The van der Waals surface area contributed by atoms with Crippen molar-refractivity contribution in [2.75, 3.05) is 0 Å². The summed E-state index contributed by atoms with van der Waals surface area (Å²) in [7, 11) is -3.67. The third-order valence-corrected chi connectivity index (χ3v) is 5.76. The van der Waals surface area contributed by atoms with Crippen molar-refractivity contribution in [3.8, 4) is 0 Å². The minimum atomic E-state index is -3.67. The summed E-state index contributed by atoms with van der Waals surface area (Å²) in [5.41, 5.74) is 0.570. The molecule has 0 radical (unpaired) electrons. The maximum Gasteiger partial charge on any atom is 0.251 e. The molecule has 0 spiro atoms. The van der Waals surface area contributed by atoms with E-state index in [-0.39, 0.29) is 16.8 Å². The highest BCUT2D eigenvalue weighted by Gasteiger charge is 2.23. The minimum absolute atomic E-state index is 0.0496. The molecule has 1 aromatic rings. The van der Waals surface area contributed by atoms with Crippen LogP contribution in [0.5, 0.6) is 0 Å². The second-order valence-electron chi connectivity index (χ2n) is 8.53. The quantitative estimate of drug-likeness (QED) is 0.713. The van der Waals surface area contributed by atoms with Crippen LogP contribution in [-0.2, 0) is 10.0 Å². The largest absolute Gasteiger partial charge is 0.350 e. The van der Waals surface area contributed by atoms with Crippen LogP contribution in [-0.4, -0.2) is 25.9 Å². The van der Waals surface area contributed by atoms with E-state index in [1.54, 1.807) is 26.8 Å². The first-order valence-electron chi connectivity index (χ1n) is 9.27. The first-order chi connectivity index (χ1) is 11.8. The number of hydrogen-bond acceptors (Lipinski definition) is 3. The van der Waals surface area contributed by atoms with Crippen molar-refractivity contribution in [3.05, 3.63) is 29.3 Å². The molecular formula is C20H34N2O3S. The summed E-state index contributed by atoms with van der Waals surface area (Å²) < 4.78 is 27.7. The molecule has 6 heteroatoms. The van der Waals surface area contributed by atoms with E-state index >= 15 is 0 Å². The molecule has 1 unspecified atom stereocenters. The summed E-state index contributed by atoms with van der Waals surface area (Å²) in [4.78, 5) is 12.7. The van der Waals surface area contributed by atoms with Crippen LogP contribution in [0.15, 0.2) is 23.1 Å². The number of amides is 1. The molecule has 0 saturated heterocycles. The lowest BCUT2D eigenvalue weighted by molar-refractivity contribution is 0.0937. The third kappa shape index (κ3) is 7.46. The predicted octanol–water partition coefficient (Wildman–Crippen LogP) is 4.02. The Morgan fingerprint density at radius 1 is 1.12 bits per heavy atom. The second-order valence-corrected chi connectivity index (χ2v) is 10.2. The average molecular weight is 383 g/mol.